The predicted octanol–water partition coefficient (Wildman–Crippen LogP) is 6.85. The van der Waals surface area contributed by atoms with E-state index in [1.54, 1.807) is 42.5 Å². The Labute approximate surface area is 243 Å². The lowest BCUT2D eigenvalue weighted by molar-refractivity contribution is -0.130. The van der Waals surface area contributed by atoms with Gasteiger partial charge in [-0.05, 0) is 94.1 Å². The van der Waals surface area contributed by atoms with Crippen LogP contribution in [0.3, 0.4) is 0 Å². The lowest BCUT2D eigenvalue weighted by Crippen LogP contribution is -2.15. The van der Waals surface area contributed by atoms with Crippen LogP contribution >= 0.6 is 11.7 Å². The molecule has 0 aliphatic heterocycles. The summed E-state index contributed by atoms with van der Waals surface area (Å²) in [5, 5.41) is 10.5. The Morgan fingerprint density at radius 2 is 1.49 bits per heavy atom. The highest BCUT2D eigenvalue weighted by Crippen LogP contribution is 2.41. The molecule has 214 valence electrons. The van der Waals surface area contributed by atoms with Gasteiger partial charge in [-0.1, -0.05) is 18.2 Å². The van der Waals surface area contributed by atoms with E-state index in [0.717, 1.165) is 22.9 Å². The molecule has 9 heteroatoms. The van der Waals surface area contributed by atoms with Crippen molar-refractivity contribution in [2.75, 3.05) is 7.11 Å². The minimum atomic E-state index is -1.22. The molecule has 0 aliphatic rings. The molecule has 0 radical (unpaired) electrons. The van der Waals surface area contributed by atoms with Crippen molar-refractivity contribution in [1.29, 1.82) is 0 Å². The number of fused-ring (bicyclic) bond motifs is 1. The fourth-order valence-corrected chi connectivity index (χ4v) is 5.00. The second kappa shape index (κ2) is 12.5. The summed E-state index contributed by atoms with van der Waals surface area (Å²) in [6.07, 6.45) is -0.294. The molecule has 1 aromatic heterocycles. The molecule has 1 N–H and O–H groups in total. The molecule has 0 amide bonds. The maximum Gasteiger partial charge on any atom is 0.336 e. The zero-order chi connectivity index (χ0) is 29.8. The van der Waals surface area contributed by atoms with E-state index in [1.165, 1.54) is 7.11 Å². The molecule has 41 heavy (non-hydrogen) atoms. The average molecular weight is 575 g/mol. The normalized spacial score (nSPS) is 12.0. The molecule has 0 fully saturated rings. The average Bonchev–Trinajstić information content (AvgIpc) is 3.38. The second-order valence-corrected chi connectivity index (χ2v) is 10.9. The van der Waals surface area contributed by atoms with Crippen LogP contribution in [0, 0.1) is 13.8 Å². The van der Waals surface area contributed by atoms with E-state index in [1.807, 2.05) is 47.6 Å². The molecule has 0 atom stereocenters. The number of ketones is 1. The number of carbonyl (C=O) groups is 2. The van der Waals surface area contributed by atoms with Gasteiger partial charge in [-0.3, -0.25) is 4.79 Å². The second-order valence-electron chi connectivity index (χ2n) is 10.4. The van der Waals surface area contributed by atoms with Crippen LogP contribution in [0.25, 0.3) is 16.6 Å². The SMILES string of the molecule is COc1cc(C/C(C(=O)c2ccc(C)c(C)c2)=C(\C(=O)O)c2ccc3nsnc3c2)cc(OC(C)C)c1OC(C)C. The van der Waals surface area contributed by atoms with Gasteiger partial charge >= 0.3 is 5.97 Å². The number of aryl methyl sites for hydroxylation is 2. The van der Waals surface area contributed by atoms with Crippen molar-refractivity contribution < 1.29 is 28.9 Å². The van der Waals surface area contributed by atoms with E-state index >= 15 is 0 Å². The number of rotatable bonds is 11. The van der Waals surface area contributed by atoms with Crippen molar-refractivity contribution in [2.45, 2.75) is 60.2 Å². The predicted molar refractivity (Wildman–Crippen MR) is 160 cm³/mol. The Kier molecular flexibility index (Phi) is 9.08. The van der Waals surface area contributed by atoms with Gasteiger partial charge in [0, 0.05) is 17.6 Å². The standard InChI is InChI=1S/C32H34N2O6S/c1-17(2)39-28-15-21(14-27(38-7)31(28)40-18(3)4)13-24(30(35)23-9-8-19(5)20(6)12-23)29(32(36)37)22-10-11-25-26(16-22)34-41-33-25/h8-12,14-18H,13H2,1-7H3,(H,36,37)/b29-24+. The summed E-state index contributed by atoms with van der Waals surface area (Å²) in [6, 6.07) is 13.9. The largest absolute Gasteiger partial charge is 0.493 e. The van der Waals surface area contributed by atoms with Crippen LogP contribution in [0.4, 0.5) is 0 Å². The molecule has 4 aromatic rings. The molecular formula is C32H34N2O6S. The molecule has 0 bridgehead atoms. The maximum atomic E-state index is 14.1. The Morgan fingerprint density at radius 3 is 2.12 bits per heavy atom. The Bertz CT molecular complexity index is 1640. The first-order valence-electron chi connectivity index (χ1n) is 13.3. The van der Waals surface area contributed by atoms with E-state index in [4.69, 9.17) is 14.2 Å². The number of methoxy groups -OCH3 is 1. The highest BCUT2D eigenvalue weighted by Gasteiger charge is 2.26. The van der Waals surface area contributed by atoms with Gasteiger partial charge in [0.25, 0.3) is 0 Å². The van der Waals surface area contributed by atoms with Crippen molar-refractivity contribution >= 4 is 40.1 Å². The summed E-state index contributed by atoms with van der Waals surface area (Å²) in [5.41, 5.74) is 4.63. The van der Waals surface area contributed by atoms with Gasteiger partial charge in [-0.15, -0.1) is 0 Å². The van der Waals surface area contributed by atoms with Crippen LogP contribution < -0.4 is 14.2 Å². The van der Waals surface area contributed by atoms with Gasteiger partial charge in [-0.2, -0.15) is 8.75 Å². The topological polar surface area (TPSA) is 108 Å². The van der Waals surface area contributed by atoms with Crippen molar-refractivity contribution in [3.05, 3.63) is 81.9 Å². The van der Waals surface area contributed by atoms with Crippen LogP contribution in [-0.4, -0.2) is 44.9 Å². The minimum Gasteiger partial charge on any atom is -0.493 e. The third-order valence-corrected chi connectivity index (χ3v) is 7.06. The Hall–Kier alpha value is -4.24. The first-order chi connectivity index (χ1) is 19.5. The number of nitrogens with zero attached hydrogens (tertiary/aromatic N) is 2. The number of allylic oxidation sites excluding steroid dienone is 1. The van der Waals surface area contributed by atoms with Crippen LogP contribution in [-0.2, 0) is 11.2 Å². The smallest absolute Gasteiger partial charge is 0.336 e. The molecule has 3 aromatic carbocycles. The molecule has 0 unspecified atom stereocenters. The van der Waals surface area contributed by atoms with E-state index < -0.39 is 5.97 Å². The van der Waals surface area contributed by atoms with E-state index in [-0.39, 0.29) is 35.6 Å². The van der Waals surface area contributed by atoms with Gasteiger partial charge in [0.2, 0.25) is 5.75 Å². The number of Topliss-reactive ketones (excluding diaryl/α,β-unsaturated/α-hetero) is 1. The fourth-order valence-electron chi connectivity index (χ4n) is 4.49. The molecule has 0 saturated carbocycles. The summed E-state index contributed by atoms with van der Waals surface area (Å²) in [4.78, 5) is 27.0. The lowest BCUT2D eigenvalue weighted by atomic mass is 9.88. The number of carboxylic acid groups (broad SMARTS) is 1. The number of hydrogen-bond acceptors (Lipinski definition) is 8. The number of ether oxygens (including phenoxy) is 3. The number of hydrogen-bond donors (Lipinski definition) is 1. The first kappa shape index (κ1) is 29.7. The van der Waals surface area contributed by atoms with Gasteiger partial charge < -0.3 is 19.3 Å². The summed E-state index contributed by atoms with van der Waals surface area (Å²) in [6.45, 7) is 11.5. The molecule has 4 rings (SSSR count). The number of benzene rings is 3. The van der Waals surface area contributed by atoms with E-state index in [2.05, 4.69) is 8.75 Å². The fraction of sp³-hybridized carbons (Fsp3) is 0.312. The molecule has 1 heterocycles. The molecule has 0 spiro atoms. The van der Waals surface area contributed by atoms with Crippen molar-refractivity contribution in [3.8, 4) is 17.2 Å². The van der Waals surface area contributed by atoms with E-state index in [0.29, 0.717) is 45.0 Å². The van der Waals surface area contributed by atoms with Gasteiger partial charge in [-0.25, -0.2) is 4.79 Å². The van der Waals surface area contributed by atoms with Crippen molar-refractivity contribution in [2.24, 2.45) is 0 Å². The third kappa shape index (κ3) is 6.74. The molecule has 0 aliphatic carbocycles. The van der Waals surface area contributed by atoms with Crippen molar-refractivity contribution in [1.82, 2.24) is 8.75 Å². The van der Waals surface area contributed by atoms with Gasteiger partial charge in [0.1, 0.15) is 11.0 Å². The minimum absolute atomic E-state index is 0.00746. The van der Waals surface area contributed by atoms with Gasteiger partial charge in [0.05, 0.1) is 36.6 Å². The number of carboxylic acids is 1. The molecular weight excluding hydrogens is 540 g/mol. The van der Waals surface area contributed by atoms with Crippen LogP contribution in [0.2, 0.25) is 0 Å². The monoisotopic (exact) mass is 574 g/mol. The van der Waals surface area contributed by atoms with Crippen LogP contribution in [0.5, 0.6) is 17.2 Å². The Balaban J connectivity index is 1.95. The first-order valence-corrected chi connectivity index (χ1v) is 14.1. The highest BCUT2D eigenvalue weighted by molar-refractivity contribution is 7.00. The molecule has 8 nitrogen and oxygen atoms in total. The van der Waals surface area contributed by atoms with E-state index in [9.17, 15) is 14.7 Å². The van der Waals surface area contributed by atoms with Crippen molar-refractivity contribution in [3.63, 3.8) is 0 Å². The highest BCUT2D eigenvalue weighted by atomic mass is 32.1. The van der Waals surface area contributed by atoms with Crippen LogP contribution in [0.15, 0.2) is 54.1 Å². The quantitative estimate of drug-likeness (QED) is 0.153. The zero-order valence-electron chi connectivity index (χ0n) is 24.3. The lowest BCUT2D eigenvalue weighted by Gasteiger charge is -2.21. The third-order valence-electron chi connectivity index (χ3n) is 6.50. The summed E-state index contributed by atoms with van der Waals surface area (Å²) < 4.78 is 26.2. The number of aromatic nitrogens is 2. The van der Waals surface area contributed by atoms with Gasteiger partial charge in [0.15, 0.2) is 17.3 Å². The maximum absolute atomic E-state index is 14.1. The molecule has 0 saturated heterocycles. The summed E-state index contributed by atoms with van der Waals surface area (Å²) in [5.74, 6) is -0.268. The summed E-state index contributed by atoms with van der Waals surface area (Å²) in [7, 11) is 1.53. The van der Waals surface area contributed by atoms with Crippen LogP contribution in [0.1, 0.15) is 60.3 Å². The zero-order valence-corrected chi connectivity index (χ0v) is 25.1. The number of aliphatic carboxylic acids is 1. The Morgan fingerprint density at radius 1 is 0.829 bits per heavy atom. The number of carbonyl (C=O) groups excluding carboxylic acids is 1. The summed E-state index contributed by atoms with van der Waals surface area (Å²) >= 11 is 1.04.